The highest BCUT2D eigenvalue weighted by molar-refractivity contribution is 5.98. The molecule has 28 heavy (non-hydrogen) atoms. The molecule has 0 aliphatic carbocycles. The Labute approximate surface area is 159 Å². The van der Waals surface area contributed by atoms with Crippen LogP contribution in [0.3, 0.4) is 0 Å². The minimum Gasteiger partial charge on any atom is -0.355 e. The third kappa shape index (κ3) is 4.22. The zero-order valence-corrected chi connectivity index (χ0v) is 15.0. The molecule has 144 valence electrons. The molecule has 6 nitrogen and oxygen atoms in total. The molecule has 0 aliphatic heterocycles. The van der Waals surface area contributed by atoms with Crippen LogP contribution in [0.1, 0.15) is 17.4 Å². The van der Waals surface area contributed by atoms with Crippen LogP contribution >= 0.6 is 0 Å². The summed E-state index contributed by atoms with van der Waals surface area (Å²) >= 11 is 0. The van der Waals surface area contributed by atoms with E-state index in [1.165, 1.54) is 17.0 Å². The zero-order chi connectivity index (χ0) is 20.1. The highest BCUT2D eigenvalue weighted by atomic mass is 19.1. The number of hydrogen-bond donors (Lipinski definition) is 1. The van der Waals surface area contributed by atoms with E-state index in [1.807, 2.05) is 30.3 Å². The molecule has 1 aromatic heterocycles. The molecule has 1 heterocycles. The van der Waals surface area contributed by atoms with E-state index >= 15 is 0 Å². The quantitative estimate of drug-likeness (QED) is 0.702. The number of nitrogens with one attached hydrogen (secondary N) is 1. The Morgan fingerprint density at radius 2 is 1.75 bits per heavy atom. The predicted molar refractivity (Wildman–Crippen MR) is 98.5 cm³/mol. The van der Waals surface area contributed by atoms with Crippen LogP contribution in [-0.2, 0) is 4.79 Å². The lowest BCUT2D eigenvalue weighted by molar-refractivity contribution is -0.116. The summed E-state index contributed by atoms with van der Waals surface area (Å²) in [6.07, 6.45) is 0. The van der Waals surface area contributed by atoms with E-state index in [0.717, 1.165) is 17.7 Å². The van der Waals surface area contributed by atoms with Crippen molar-refractivity contribution in [2.75, 3.05) is 18.4 Å². The molecule has 2 aromatic carbocycles. The average Bonchev–Trinajstić information content (AvgIpc) is 3.19. The molecule has 1 N–H and O–H groups in total. The SMILES string of the molecule is CCN(CC(=O)Nc1c(F)cccc1F)C(=O)c1cc(-c2ccccc2)on1. The zero-order valence-electron chi connectivity index (χ0n) is 15.0. The summed E-state index contributed by atoms with van der Waals surface area (Å²) in [7, 11) is 0. The Morgan fingerprint density at radius 3 is 2.39 bits per heavy atom. The second-order valence-corrected chi connectivity index (χ2v) is 5.91. The summed E-state index contributed by atoms with van der Waals surface area (Å²) in [6.45, 7) is 1.48. The molecule has 0 unspecified atom stereocenters. The minimum absolute atomic E-state index is 0.0329. The molecule has 0 spiro atoms. The van der Waals surface area contributed by atoms with E-state index in [4.69, 9.17) is 4.52 Å². The Kier molecular flexibility index (Phi) is 5.78. The van der Waals surface area contributed by atoms with Crippen LogP contribution in [0.25, 0.3) is 11.3 Å². The molecule has 2 amide bonds. The van der Waals surface area contributed by atoms with Gasteiger partial charge in [-0.05, 0) is 19.1 Å². The topological polar surface area (TPSA) is 75.4 Å². The highest BCUT2D eigenvalue weighted by Gasteiger charge is 2.22. The average molecular weight is 385 g/mol. The lowest BCUT2D eigenvalue weighted by atomic mass is 10.1. The number of halogens is 2. The number of rotatable bonds is 6. The van der Waals surface area contributed by atoms with Gasteiger partial charge in [0.25, 0.3) is 5.91 Å². The first-order chi connectivity index (χ1) is 13.5. The Balaban J connectivity index is 1.70. The fourth-order valence-electron chi connectivity index (χ4n) is 2.57. The van der Waals surface area contributed by atoms with E-state index in [-0.39, 0.29) is 12.2 Å². The van der Waals surface area contributed by atoms with Crippen molar-refractivity contribution >= 4 is 17.5 Å². The summed E-state index contributed by atoms with van der Waals surface area (Å²) in [4.78, 5) is 26.0. The number of likely N-dealkylation sites (N-methyl/N-ethyl adjacent to an activating group) is 1. The summed E-state index contributed by atoms with van der Waals surface area (Å²) in [6, 6.07) is 13.8. The van der Waals surface area contributed by atoms with E-state index < -0.39 is 35.7 Å². The van der Waals surface area contributed by atoms with Crippen molar-refractivity contribution in [3.05, 3.63) is 71.9 Å². The van der Waals surface area contributed by atoms with Crippen molar-refractivity contribution in [1.82, 2.24) is 10.1 Å². The molecule has 0 atom stereocenters. The minimum atomic E-state index is -0.897. The Bertz CT molecular complexity index is 969. The third-order valence-electron chi connectivity index (χ3n) is 4.02. The molecule has 3 aromatic rings. The van der Waals surface area contributed by atoms with Gasteiger partial charge in [-0.15, -0.1) is 0 Å². The summed E-state index contributed by atoms with van der Waals surface area (Å²) in [5.41, 5.74) is 0.235. The van der Waals surface area contributed by atoms with Gasteiger partial charge < -0.3 is 14.7 Å². The fourth-order valence-corrected chi connectivity index (χ4v) is 2.57. The highest BCUT2D eigenvalue weighted by Crippen LogP contribution is 2.21. The van der Waals surface area contributed by atoms with Crippen molar-refractivity contribution in [3.8, 4) is 11.3 Å². The molecule has 0 saturated carbocycles. The van der Waals surface area contributed by atoms with E-state index in [0.29, 0.717) is 5.76 Å². The van der Waals surface area contributed by atoms with Crippen LogP contribution in [0.15, 0.2) is 59.1 Å². The van der Waals surface area contributed by atoms with Crippen molar-refractivity contribution < 1.29 is 22.9 Å². The third-order valence-corrected chi connectivity index (χ3v) is 4.02. The Hall–Kier alpha value is -3.55. The largest absolute Gasteiger partial charge is 0.355 e. The van der Waals surface area contributed by atoms with E-state index in [2.05, 4.69) is 10.5 Å². The number of amides is 2. The van der Waals surface area contributed by atoms with Crippen LogP contribution < -0.4 is 5.32 Å². The molecule has 0 radical (unpaired) electrons. The fraction of sp³-hybridized carbons (Fsp3) is 0.150. The van der Waals surface area contributed by atoms with Gasteiger partial charge in [0.1, 0.15) is 23.9 Å². The first-order valence-electron chi connectivity index (χ1n) is 8.55. The second-order valence-electron chi connectivity index (χ2n) is 5.91. The molecular weight excluding hydrogens is 368 g/mol. The van der Waals surface area contributed by atoms with Crippen LogP contribution in [0.2, 0.25) is 0 Å². The van der Waals surface area contributed by atoms with Gasteiger partial charge in [0.05, 0.1) is 0 Å². The standard InChI is InChI=1S/C20H17F2N3O3/c1-2-25(12-18(26)23-19-14(21)9-6-10-15(19)22)20(27)16-11-17(28-24-16)13-7-4-3-5-8-13/h3-11H,2,12H2,1H3,(H,23,26). The number of benzene rings is 2. The van der Waals surface area contributed by atoms with Crippen molar-refractivity contribution in [2.24, 2.45) is 0 Å². The van der Waals surface area contributed by atoms with Gasteiger partial charge in [-0.3, -0.25) is 9.59 Å². The maximum absolute atomic E-state index is 13.7. The van der Waals surface area contributed by atoms with Gasteiger partial charge in [-0.2, -0.15) is 0 Å². The first kappa shape index (κ1) is 19.2. The summed E-state index contributed by atoms with van der Waals surface area (Å²) in [5.74, 6) is -2.64. The number of hydrogen-bond acceptors (Lipinski definition) is 4. The first-order valence-corrected chi connectivity index (χ1v) is 8.55. The molecule has 0 bridgehead atoms. The molecular formula is C20H17F2N3O3. The van der Waals surface area contributed by atoms with Gasteiger partial charge in [-0.1, -0.05) is 41.6 Å². The van der Waals surface area contributed by atoms with E-state index in [1.54, 1.807) is 6.92 Å². The van der Waals surface area contributed by atoms with Gasteiger partial charge in [-0.25, -0.2) is 8.78 Å². The Morgan fingerprint density at radius 1 is 1.07 bits per heavy atom. The number of carbonyl (C=O) groups is 2. The number of aromatic nitrogens is 1. The molecule has 8 heteroatoms. The number of anilines is 1. The van der Waals surface area contributed by atoms with Gasteiger partial charge in [0.2, 0.25) is 5.91 Å². The number of nitrogens with zero attached hydrogens (tertiary/aromatic N) is 2. The molecule has 3 rings (SSSR count). The van der Waals surface area contributed by atoms with Crippen molar-refractivity contribution in [3.63, 3.8) is 0 Å². The normalized spacial score (nSPS) is 10.5. The smallest absolute Gasteiger partial charge is 0.276 e. The molecule has 0 fully saturated rings. The number of carbonyl (C=O) groups excluding carboxylic acids is 2. The van der Waals surface area contributed by atoms with Crippen LogP contribution in [0.5, 0.6) is 0 Å². The number of para-hydroxylation sites is 1. The molecule has 0 aliphatic rings. The lowest BCUT2D eigenvalue weighted by Crippen LogP contribution is -2.38. The second kappa shape index (κ2) is 8.43. The van der Waals surface area contributed by atoms with Crippen LogP contribution in [0.4, 0.5) is 14.5 Å². The maximum atomic E-state index is 13.7. The van der Waals surface area contributed by atoms with Gasteiger partial charge >= 0.3 is 0 Å². The summed E-state index contributed by atoms with van der Waals surface area (Å²) < 4.78 is 32.5. The lowest BCUT2D eigenvalue weighted by Gasteiger charge is -2.19. The van der Waals surface area contributed by atoms with Gasteiger partial charge in [0, 0.05) is 18.2 Å². The predicted octanol–water partition coefficient (Wildman–Crippen LogP) is 3.72. The van der Waals surface area contributed by atoms with Crippen LogP contribution in [0, 0.1) is 11.6 Å². The summed E-state index contributed by atoms with van der Waals surface area (Å²) in [5, 5.41) is 5.92. The monoisotopic (exact) mass is 385 g/mol. The van der Waals surface area contributed by atoms with Crippen molar-refractivity contribution in [2.45, 2.75) is 6.92 Å². The van der Waals surface area contributed by atoms with Gasteiger partial charge in [0.15, 0.2) is 11.5 Å². The van der Waals surface area contributed by atoms with E-state index in [9.17, 15) is 18.4 Å². The van der Waals surface area contributed by atoms with Crippen molar-refractivity contribution in [1.29, 1.82) is 0 Å². The maximum Gasteiger partial charge on any atom is 0.276 e. The molecule has 0 saturated heterocycles. The van der Waals surface area contributed by atoms with Crippen LogP contribution in [-0.4, -0.2) is 35.0 Å².